The highest BCUT2D eigenvalue weighted by atomic mass is 79.9. The lowest BCUT2D eigenvalue weighted by Crippen LogP contribution is -2.45. The summed E-state index contributed by atoms with van der Waals surface area (Å²) in [5, 5.41) is 5.57. The number of nitrogens with two attached hydrogens (primary N) is 1. The van der Waals surface area contributed by atoms with Gasteiger partial charge in [0.25, 0.3) is 0 Å². The second-order valence-electron chi connectivity index (χ2n) is 8.75. The number of amides is 1. The molecule has 0 spiro atoms. The molecule has 2 aliphatic heterocycles. The molecule has 0 aliphatic carbocycles. The Kier molecular flexibility index (Phi) is 4.94. The fourth-order valence-electron chi connectivity index (χ4n) is 5.06. The summed E-state index contributed by atoms with van der Waals surface area (Å²) >= 11 is 3.66. The quantitative estimate of drug-likeness (QED) is 0.454. The largest absolute Gasteiger partial charge is 0.383 e. The van der Waals surface area contributed by atoms with E-state index in [1.54, 1.807) is 10.7 Å². The summed E-state index contributed by atoms with van der Waals surface area (Å²) in [4.78, 5) is 26.1. The van der Waals surface area contributed by atoms with Crippen molar-refractivity contribution in [3.8, 4) is 11.1 Å². The Balaban J connectivity index is 1.35. The summed E-state index contributed by atoms with van der Waals surface area (Å²) in [7, 11) is 0. The molecule has 0 saturated carbocycles. The Hall–Kier alpha value is -3.20. The van der Waals surface area contributed by atoms with Gasteiger partial charge in [-0.2, -0.15) is 9.61 Å². The number of fused-ring (bicyclic) bond motifs is 2. The van der Waals surface area contributed by atoms with Crippen LogP contribution in [0, 0.1) is 0 Å². The highest BCUT2D eigenvalue weighted by molar-refractivity contribution is 9.10. The van der Waals surface area contributed by atoms with Crippen LogP contribution < -0.4 is 10.6 Å². The second kappa shape index (κ2) is 7.98. The number of piperidine rings is 1. The van der Waals surface area contributed by atoms with Crippen LogP contribution in [0.2, 0.25) is 0 Å². The summed E-state index contributed by atoms with van der Waals surface area (Å²) in [5.74, 6) is 1.64. The number of benzene rings is 1. The monoisotopic (exact) mass is 505 g/mol. The van der Waals surface area contributed by atoms with Crippen molar-refractivity contribution in [2.75, 3.05) is 30.3 Å². The third-order valence-electron chi connectivity index (χ3n) is 6.82. The van der Waals surface area contributed by atoms with Crippen LogP contribution >= 0.6 is 15.9 Å². The van der Waals surface area contributed by atoms with Crippen molar-refractivity contribution in [3.63, 3.8) is 0 Å². The van der Waals surface area contributed by atoms with Crippen LogP contribution in [0.1, 0.15) is 25.7 Å². The predicted octanol–water partition coefficient (Wildman–Crippen LogP) is 3.88. The van der Waals surface area contributed by atoms with E-state index >= 15 is 0 Å². The van der Waals surface area contributed by atoms with E-state index in [-0.39, 0.29) is 0 Å². The maximum atomic E-state index is 12.2. The maximum Gasteiger partial charge on any atom is 0.222 e. The lowest BCUT2D eigenvalue weighted by Gasteiger charge is -2.37. The minimum absolute atomic E-state index is 0.298. The Morgan fingerprint density at radius 2 is 1.91 bits per heavy atom. The number of anilines is 2. The van der Waals surface area contributed by atoms with Gasteiger partial charge in [0.1, 0.15) is 16.1 Å². The molecule has 2 N–H and O–H groups in total. The van der Waals surface area contributed by atoms with Crippen LogP contribution in [0.25, 0.3) is 27.7 Å². The van der Waals surface area contributed by atoms with E-state index in [4.69, 9.17) is 10.7 Å². The highest BCUT2D eigenvalue weighted by Gasteiger charge is 2.32. The number of rotatable bonds is 3. The number of pyridine rings is 1. The van der Waals surface area contributed by atoms with Gasteiger partial charge in [0.15, 0.2) is 5.65 Å². The predicted molar refractivity (Wildman–Crippen MR) is 132 cm³/mol. The lowest BCUT2D eigenvalue weighted by atomic mass is 10.0. The standard InChI is InChI=1S/C24H24BrN7O/c25-21-22(26)32-23(18(14-28-32)16-12-15-4-1-2-5-19(15)27-13-16)29-24(21)30-10-7-17(8-11-30)31-9-3-6-20(31)33/h1-2,4-5,12-14,17H,3,6-11,26H2. The van der Waals surface area contributed by atoms with Gasteiger partial charge < -0.3 is 15.5 Å². The van der Waals surface area contributed by atoms with Gasteiger partial charge in [0.2, 0.25) is 5.91 Å². The molecule has 3 aromatic heterocycles. The number of nitrogen functional groups attached to an aromatic ring is 1. The SMILES string of the molecule is Nc1c(Br)c(N2CCC(N3CCCC3=O)CC2)nc2c(-c3cnc4ccccc4c3)cnn12. The van der Waals surface area contributed by atoms with Crippen LogP contribution in [0.5, 0.6) is 0 Å². The van der Waals surface area contributed by atoms with Crippen LogP contribution in [0.15, 0.2) is 47.2 Å². The first-order valence-electron chi connectivity index (χ1n) is 11.3. The number of carbonyl (C=O) groups is 1. The van der Waals surface area contributed by atoms with E-state index in [1.807, 2.05) is 24.4 Å². The summed E-state index contributed by atoms with van der Waals surface area (Å²) in [5.41, 5.74) is 9.98. The highest BCUT2D eigenvalue weighted by Crippen LogP contribution is 2.36. The molecule has 2 aliphatic rings. The van der Waals surface area contributed by atoms with Crippen LogP contribution in [-0.4, -0.2) is 56.1 Å². The molecule has 0 radical (unpaired) electrons. The van der Waals surface area contributed by atoms with E-state index in [0.29, 0.717) is 29.8 Å². The first-order chi connectivity index (χ1) is 16.1. The Morgan fingerprint density at radius 1 is 1.09 bits per heavy atom. The van der Waals surface area contributed by atoms with Crippen LogP contribution in [0.3, 0.4) is 0 Å². The van der Waals surface area contributed by atoms with E-state index < -0.39 is 0 Å². The molecule has 8 nitrogen and oxygen atoms in total. The number of hydrogen-bond acceptors (Lipinski definition) is 6. The topological polar surface area (TPSA) is 92.6 Å². The van der Waals surface area contributed by atoms with Crippen molar-refractivity contribution in [1.29, 1.82) is 0 Å². The number of likely N-dealkylation sites (tertiary alicyclic amines) is 1. The van der Waals surface area contributed by atoms with Crippen molar-refractivity contribution in [3.05, 3.63) is 47.2 Å². The number of para-hydroxylation sites is 1. The molecule has 6 rings (SSSR count). The van der Waals surface area contributed by atoms with Crippen molar-refractivity contribution < 1.29 is 4.79 Å². The van der Waals surface area contributed by atoms with Gasteiger partial charge in [-0.15, -0.1) is 0 Å². The second-order valence-corrected chi connectivity index (χ2v) is 9.55. The van der Waals surface area contributed by atoms with Crippen molar-refractivity contribution in [1.82, 2.24) is 24.5 Å². The molecule has 0 unspecified atom stereocenters. The summed E-state index contributed by atoms with van der Waals surface area (Å²) in [6, 6.07) is 10.5. The number of nitrogens with zero attached hydrogens (tertiary/aromatic N) is 6. The molecule has 0 atom stereocenters. The molecule has 33 heavy (non-hydrogen) atoms. The molecular weight excluding hydrogens is 482 g/mol. The summed E-state index contributed by atoms with van der Waals surface area (Å²) < 4.78 is 2.42. The molecule has 9 heteroatoms. The van der Waals surface area contributed by atoms with Crippen molar-refractivity contribution in [2.45, 2.75) is 31.7 Å². The van der Waals surface area contributed by atoms with Gasteiger partial charge >= 0.3 is 0 Å². The molecule has 2 fully saturated rings. The number of aromatic nitrogens is 4. The third kappa shape index (κ3) is 3.42. The van der Waals surface area contributed by atoms with Gasteiger partial charge in [0, 0.05) is 54.8 Å². The zero-order chi connectivity index (χ0) is 22.5. The molecule has 1 aromatic carbocycles. The summed E-state index contributed by atoms with van der Waals surface area (Å²) in [6.07, 6.45) is 7.20. The molecule has 5 heterocycles. The molecule has 168 valence electrons. The van der Waals surface area contributed by atoms with E-state index in [9.17, 15) is 4.79 Å². The van der Waals surface area contributed by atoms with Gasteiger partial charge in [-0.05, 0) is 47.3 Å². The first kappa shape index (κ1) is 20.4. The first-order valence-corrected chi connectivity index (χ1v) is 12.1. The Bertz CT molecular complexity index is 1380. The molecule has 4 aromatic rings. The number of hydrogen-bond donors (Lipinski definition) is 1. The smallest absolute Gasteiger partial charge is 0.222 e. The van der Waals surface area contributed by atoms with E-state index in [2.05, 4.69) is 47.9 Å². The van der Waals surface area contributed by atoms with Gasteiger partial charge in [-0.25, -0.2) is 4.98 Å². The average molecular weight is 506 g/mol. The van der Waals surface area contributed by atoms with Gasteiger partial charge in [-0.1, -0.05) is 18.2 Å². The lowest BCUT2D eigenvalue weighted by molar-refractivity contribution is -0.130. The Morgan fingerprint density at radius 3 is 2.70 bits per heavy atom. The van der Waals surface area contributed by atoms with E-state index in [0.717, 1.165) is 71.2 Å². The maximum absolute atomic E-state index is 12.2. The number of carbonyl (C=O) groups excluding carboxylic acids is 1. The third-order valence-corrected chi connectivity index (χ3v) is 7.58. The zero-order valence-corrected chi connectivity index (χ0v) is 19.7. The van der Waals surface area contributed by atoms with Gasteiger partial charge in [-0.3, -0.25) is 9.78 Å². The van der Waals surface area contributed by atoms with Crippen molar-refractivity contribution >= 4 is 50.0 Å². The van der Waals surface area contributed by atoms with E-state index in [1.165, 1.54) is 0 Å². The Labute approximate surface area is 199 Å². The van der Waals surface area contributed by atoms with Crippen LogP contribution in [0.4, 0.5) is 11.6 Å². The molecule has 2 saturated heterocycles. The normalized spacial score (nSPS) is 17.5. The summed E-state index contributed by atoms with van der Waals surface area (Å²) in [6.45, 7) is 2.55. The minimum atomic E-state index is 0.298. The van der Waals surface area contributed by atoms with Crippen molar-refractivity contribution in [2.24, 2.45) is 0 Å². The molecule has 1 amide bonds. The minimum Gasteiger partial charge on any atom is -0.383 e. The van der Waals surface area contributed by atoms with Crippen LogP contribution in [-0.2, 0) is 4.79 Å². The molecule has 0 bridgehead atoms. The average Bonchev–Trinajstić information content (AvgIpc) is 3.47. The zero-order valence-electron chi connectivity index (χ0n) is 18.1. The fourth-order valence-corrected chi connectivity index (χ4v) is 5.57. The molecular formula is C24H24BrN7O. The van der Waals surface area contributed by atoms with Gasteiger partial charge in [0.05, 0.1) is 11.7 Å². The number of halogens is 1. The fraction of sp³-hybridized carbons (Fsp3) is 0.333.